The normalized spacial score (nSPS) is 10.0. The topological polar surface area (TPSA) is 66.0 Å². The summed E-state index contributed by atoms with van der Waals surface area (Å²) >= 11 is 0. The summed E-state index contributed by atoms with van der Waals surface area (Å²) in [6, 6.07) is 8.97. The molecular weight excluding hydrogens is 317 g/mol. The number of carbonyl (C=O) groups is 1. The van der Waals surface area contributed by atoms with Crippen LogP contribution in [0.1, 0.15) is 5.56 Å². The van der Waals surface area contributed by atoms with Crippen molar-refractivity contribution in [2.75, 3.05) is 26.6 Å². The molecule has 24 heavy (non-hydrogen) atoms. The third kappa shape index (κ3) is 4.28. The van der Waals surface area contributed by atoms with Crippen LogP contribution >= 0.6 is 0 Å². The van der Waals surface area contributed by atoms with E-state index in [4.69, 9.17) is 18.9 Å². The second-order valence-electron chi connectivity index (χ2n) is 4.75. The summed E-state index contributed by atoms with van der Waals surface area (Å²) in [6.45, 7) is -0.0476. The number of hydrogen-bond donors (Lipinski definition) is 1. The van der Waals surface area contributed by atoms with Gasteiger partial charge in [-0.3, -0.25) is 5.32 Å². The van der Waals surface area contributed by atoms with Gasteiger partial charge in [0.1, 0.15) is 12.4 Å². The molecular formula is C17H18FNO5. The number of ether oxygens (including phenoxy) is 4. The first-order valence-electron chi connectivity index (χ1n) is 7.05. The summed E-state index contributed by atoms with van der Waals surface area (Å²) in [5, 5.41) is 2.56. The molecule has 1 N–H and O–H groups in total. The summed E-state index contributed by atoms with van der Waals surface area (Å²) in [5.74, 6) is 0.828. The molecule has 1 amide bonds. The Balaban J connectivity index is 2.05. The van der Waals surface area contributed by atoms with Gasteiger partial charge in [0.05, 0.1) is 27.0 Å². The van der Waals surface area contributed by atoms with Gasteiger partial charge in [-0.15, -0.1) is 0 Å². The summed E-state index contributed by atoms with van der Waals surface area (Å²) in [6.07, 6.45) is -0.687. The smallest absolute Gasteiger partial charge is 0.411 e. The zero-order valence-corrected chi connectivity index (χ0v) is 13.6. The Morgan fingerprint density at radius 2 is 1.71 bits per heavy atom. The Labute approximate surface area is 139 Å². The van der Waals surface area contributed by atoms with Crippen molar-refractivity contribution in [1.82, 2.24) is 0 Å². The van der Waals surface area contributed by atoms with Crippen molar-refractivity contribution in [1.29, 1.82) is 0 Å². The molecule has 0 unspecified atom stereocenters. The number of nitrogens with one attached hydrogen (secondary N) is 1. The number of halogens is 1. The Morgan fingerprint density at radius 1 is 1.04 bits per heavy atom. The monoisotopic (exact) mass is 335 g/mol. The van der Waals surface area contributed by atoms with E-state index in [0.717, 1.165) is 0 Å². The van der Waals surface area contributed by atoms with Gasteiger partial charge in [0, 0.05) is 12.1 Å². The quantitative estimate of drug-likeness (QED) is 0.874. The van der Waals surface area contributed by atoms with E-state index in [-0.39, 0.29) is 12.4 Å². The highest BCUT2D eigenvalue weighted by molar-refractivity contribution is 5.86. The van der Waals surface area contributed by atoms with Crippen molar-refractivity contribution in [3.05, 3.63) is 47.8 Å². The van der Waals surface area contributed by atoms with E-state index < -0.39 is 6.09 Å². The van der Waals surface area contributed by atoms with E-state index in [1.807, 2.05) is 0 Å². The number of amides is 1. The van der Waals surface area contributed by atoms with Crippen LogP contribution in [0.4, 0.5) is 14.9 Å². The van der Waals surface area contributed by atoms with Gasteiger partial charge in [0.2, 0.25) is 5.75 Å². The van der Waals surface area contributed by atoms with E-state index >= 15 is 0 Å². The van der Waals surface area contributed by atoms with Gasteiger partial charge in [-0.1, -0.05) is 12.1 Å². The van der Waals surface area contributed by atoms with Gasteiger partial charge in [-0.25, -0.2) is 9.18 Å². The molecule has 0 aliphatic heterocycles. The van der Waals surface area contributed by atoms with Gasteiger partial charge in [0.25, 0.3) is 0 Å². The van der Waals surface area contributed by atoms with Crippen LogP contribution in [0.15, 0.2) is 36.4 Å². The lowest BCUT2D eigenvalue weighted by Gasteiger charge is -2.14. The number of methoxy groups -OCH3 is 3. The number of carbonyl (C=O) groups excluding carboxylic acids is 1. The molecule has 0 aromatic heterocycles. The molecule has 0 fully saturated rings. The summed E-state index contributed by atoms with van der Waals surface area (Å²) in [4.78, 5) is 11.9. The third-order valence-corrected chi connectivity index (χ3v) is 3.17. The van der Waals surface area contributed by atoms with Crippen molar-refractivity contribution in [2.24, 2.45) is 0 Å². The fraction of sp³-hybridized carbons (Fsp3) is 0.235. The molecule has 0 saturated carbocycles. The predicted octanol–water partition coefficient (Wildman–Crippen LogP) is 3.60. The molecule has 2 rings (SSSR count). The van der Waals surface area contributed by atoms with Crippen molar-refractivity contribution in [2.45, 2.75) is 6.61 Å². The average Bonchev–Trinajstić information content (AvgIpc) is 2.59. The van der Waals surface area contributed by atoms with Crippen LogP contribution < -0.4 is 19.5 Å². The van der Waals surface area contributed by atoms with Crippen LogP contribution in [0.25, 0.3) is 0 Å². The summed E-state index contributed by atoms with van der Waals surface area (Å²) in [7, 11) is 4.44. The van der Waals surface area contributed by atoms with Crippen molar-refractivity contribution < 1.29 is 28.1 Å². The van der Waals surface area contributed by atoms with Gasteiger partial charge in [-0.05, 0) is 17.7 Å². The van der Waals surface area contributed by atoms with Crippen LogP contribution in [0.2, 0.25) is 0 Å². The van der Waals surface area contributed by atoms with Gasteiger partial charge in [0.15, 0.2) is 11.5 Å². The fourth-order valence-electron chi connectivity index (χ4n) is 2.08. The third-order valence-electron chi connectivity index (χ3n) is 3.17. The van der Waals surface area contributed by atoms with Crippen molar-refractivity contribution in [3.63, 3.8) is 0 Å². The maximum Gasteiger partial charge on any atom is 0.411 e. The minimum Gasteiger partial charge on any atom is -0.493 e. The largest absolute Gasteiger partial charge is 0.493 e. The number of benzene rings is 2. The van der Waals surface area contributed by atoms with Crippen LogP contribution in [0, 0.1) is 5.82 Å². The lowest BCUT2D eigenvalue weighted by molar-refractivity contribution is 0.155. The Morgan fingerprint density at radius 3 is 2.25 bits per heavy atom. The first-order valence-corrected chi connectivity index (χ1v) is 7.05. The SMILES string of the molecule is COc1cc(NC(=O)OCc2cccc(F)c2)cc(OC)c1OC. The molecule has 0 atom stereocenters. The van der Waals surface area contributed by atoms with Crippen LogP contribution in [-0.2, 0) is 11.3 Å². The minimum atomic E-state index is -0.687. The van der Waals surface area contributed by atoms with Crippen molar-refractivity contribution in [3.8, 4) is 17.2 Å². The molecule has 2 aromatic carbocycles. The lowest BCUT2D eigenvalue weighted by Crippen LogP contribution is -2.14. The minimum absolute atomic E-state index is 0.0476. The van der Waals surface area contributed by atoms with Crippen LogP contribution in [-0.4, -0.2) is 27.4 Å². The maximum atomic E-state index is 13.1. The molecule has 7 heteroatoms. The molecule has 0 heterocycles. The Hall–Kier alpha value is -2.96. The van der Waals surface area contributed by atoms with Gasteiger partial charge >= 0.3 is 6.09 Å². The Kier molecular flexibility index (Phi) is 5.83. The first kappa shape index (κ1) is 17.4. The average molecular weight is 335 g/mol. The zero-order chi connectivity index (χ0) is 17.5. The molecule has 0 spiro atoms. The van der Waals surface area contributed by atoms with Crippen LogP contribution in [0.3, 0.4) is 0 Å². The number of rotatable bonds is 6. The van der Waals surface area contributed by atoms with E-state index in [2.05, 4.69) is 5.32 Å². The lowest BCUT2D eigenvalue weighted by atomic mass is 10.2. The summed E-state index contributed by atoms with van der Waals surface area (Å²) < 4.78 is 33.8. The highest BCUT2D eigenvalue weighted by Crippen LogP contribution is 2.39. The second kappa shape index (κ2) is 8.05. The maximum absolute atomic E-state index is 13.1. The number of anilines is 1. The fourth-order valence-corrected chi connectivity index (χ4v) is 2.08. The standard InChI is InChI=1S/C17H18FNO5/c1-21-14-8-13(9-15(22-2)16(14)23-3)19-17(20)24-10-11-5-4-6-12(18)7-11/h4-9H,10H2,1-3H3,(H,19,20). The van der Waals surface area contributed by atoms with Crippen LogP contribution in [0.5, 0.6) is 17.2 Å². The molecule has 0 aliphatic rings. The molecule has 0 aliphatic carbocycles. The van der Waals surface area contributed by atoms with E-state index in [0.29, 0.717) is 28.5 Å². The Bertz CT molecular complexity index is 695. The molecule has 0 bridgehead atoms. The molecule has 0 radical (unpaired) electrons. The highest BCUT2D eigenvalue weighted by Gasteiger charge is 2.15. The van der Waals surface area contributed by atoms with Gasteiger partial charge < -0.3 is 18.9 Å². The highest BCUT2D eigenvalue weighted by atomic mass is 19.1. The van der Waals surface area contributed by atoms with Gasteiger partial charge in [-0.2, -0.15) is 0 Å². The van der Waals surface area contributed by atoms with E-state index in [9.17, 15) is 9.18 Å². The molecule has 2 aromatic rings. The molecule has 128 valence electrons. The van der Waals surface area contributed by atoms with E-state index in [1.54, 1.807) is 24.3 Å². The molecule has 0 saturated heterocycles. The second-order valence-corrected chi connectivity index (χ2v) is 4.75. The zero-order valence-electron chi connectivity index (χ0n) is 13.6. The molecule has 6 nitrogen and oxygen atoms in total. The van der Waals surface area contributed by atoms with Crippen molar-refractivity contribution >= 4 is 11.8 Å². The predicted molar refractivity (Wildman–Crippen MR) is 86.3 cm³/mol. The summed E-state index contributed by atoms with van der Waals surface area (Å²) in [5.41, 5.74) is 0.962. The van der Waals surface area contributed by atoms with E-state index in [1.165, 1.54) is 33.5 Å². The number of hydrogen-bond acceptors (Lipinski definition) is 5. The first-order chi connectivity index (χ1) is 11.6.